The fourth-order valence-electron chi connectivity index (χ4n) is 3.47. The molecule has 2 aliphatic rings. The number of halogens is 1. The van der Waals surface area contributed by atoms with E-state index in [9.17, 15) is 0 Å². The van der Waals surface area contributed by atoms with E-state index in [0.717, 1.165) is 43.5 Å². The monoisotopic (exact) mass is 401 g/mol. The third-order valence-electron chi connectivity index (χ3n) is 4.87. The van der Waals surface area contributed by atoms with Crippen LogP contribution in [0.5, 0.6) is 11.5 Å². The maximum Gasteiger partial charge on any atom is 0.194 e. The van der Waals surface area contributed by atoms with Crippen LogP contribution in [-0.2, 0) is 6.54 Å². The molecular formula is C20H24ClN5O2. The van der Waals surface area contributed by atoms with Crippen LogP contribution < -0.4 is 19.7 Å². The molecule has 1 aromatic heterocycles. The Morgan fingerprint density at radius 3 is 2.75 bits per heavy atom. The lowest BCUT2D eigenvalue weighted by Crippen LogP contribution is -2.52. The van der Waals surface area contributed by atoms with Crippen molar-refractivity contribution in [2.45, 2.75) is 6.54 Å². The van der Waals surface area contributed by atoms with Gasteiger partial charge in [-0.05, 0) is 29.8 Å². The van der Waals surface area contributed by atoms with Gasteiger partial charge < -0.3 is 24.6 Å². The summed E-state index contributed by atoms with van der Waals surface area (Å²) < 4.78 is 11.2. The molecule has 0 bridgehead atoms. The molecule has 1 aromatic carbocycles. The summed E-state index contributed by atoms with van der Waals surface area (Å²) in [6.45, 7) is 5.28. The van der Waals surface area contributed by atoms with Gasteiger partial charge in [-0.1, -0.05) is 17.7 Å². The van der Waals surface area contributed by atoms with Gasteiger partial charge in [0.1, 0.15) is 19.0 Å². The van der Waals surface area contributed by atoms with Gasteiger partial charge in [-0.3, -0.25) is 4.99 Å². The van der Waals surface area contributed by atoms with Gasteiger partial charge in [-0.2, -0.15) is 0 Å². The maximum absolute atomic E-state index is 6.33. The van der Waals surface area contributed by atoms with Crippen molar-refractivity contribution in [3.63, 3.8) is 0 Å². The van der Waals surface area contributed by atoms with Crippen LogP contribution >= 0.6 is 11.6 Å². The topological polar surface area (TPSA) is 62.2 Å². The quantitative estimate of drug-likeness (QED) is 0.629. The van der Waals surface area contributed by atoms with Crippen LogP contribution in [0, 0.1) is 0 Å². The van der Waals surface area contributed by atoms with Crippen molar-refractivity contribution in [3.8, 4) is 11.5 Å². The lowest BCUT2D eigenvalue weighted by atomic mass is 10.2. The van der Waals surface area contributed by atoms with Crippen molar-refractivity contribution >= 4 is 23.4 Å². The van der Waals surface area contributed by atoms with Crippen LogP contribution in [0.3, 0.4) is 0 Å². The van der Waals surface area contributed by atoms with E-state index in [-0.39, 0.29) is 0 Å². The van der Waals surface area contributed by atoms with Gasteiger partial charge in [0.2, 0.25) is 0 Å². The number of hydrogen-bond acceptors (Lipinski definition) is 5. The molecule has 0 unspecified atom stereocenters. The minimum absolute atomic E-state index is 0.529. The zero-order chi connectivity index (χ0) is 19.3. The van der Waals surface area contributed by atoms with Gasteiger partial charge in [0.25, 0.3) is 0 Å². The number of ether oxygens (including phenoxy) is 2. The van der Waals surface area contributed by atoms with Gasteiger partial charge in [0, 0.05) is 46.0 Å². The Morgan fingerprint density at radius 1 is 1.18 bits per heavy atom. The highest BCUT2D eigenvalue weighted by Crippen LogP contribution is 2.38. The lowest BCUT2D eigenvalue weighted by Gasteiger charge is -2.37. The van der Waals surface area contributed by atoms with E-state index in [1.165, 1.54) is 0 Å². The molecule has 7 nitrogen and oxygen atoms in total. The molecule has 0 atom stereocenters. The zero-order valence-electron chi connectivity index (χ0n) is 15.9. The first kappa shape index (κ1) is 18.7. The summed E-state index contributed by atoms with van der Waals surface area (Å²) >= 11 is 6.33. The number of hydrogen-bond donors (Lipinski definition) is 1. The van der Waals surface area contributed by atoms with E-state index in [0.29, 0.717) is 36.3 Å². The van der Waals surface area contributed by atoms with Crippen LogP contribution in [-0.4, -0.2) is 62.3 Å². The summed E-state index contributed by atoms with van der Waals surface area (Å²) in [7, 11) is 1.81. The molecule has 2 aromatic rings. The summed E-state index contributed by atoms with van der Waals surface area (Å²) in [5.41, 5.74) is 1.03. The number of guanidine groups is 1. The van der Waals surface area contributed by atoms with Crippen molar-refractivity contribution in [3.05, 3.63) is 47.1 Å². The van der Waals surface area contributed by atoms with Crippen molar-refractivity contribution in [2.24, 2.45) is 4.99 Å². The van der Waals surface area contributed by atoms with Crippen LogP contribution in [0.15, 0.2) is 41.5 Å². The highest BCUT2D eigenvalue weighted by molar-refractivity contribution is 6.32. The third kappa shape index (κ3) is 4.09. The second kappa shape index (κ2) is 8.56. The Balaban J connectivity index is 1.35. The molecule has 4 rings (SSSR count). The molecule has 0 saturated carbocycles. The lowest BCUT2D eigenvalue weighted by molar-refractivity contribution is 0.171. The van der Waals surface area contributed by atoms with E-state index in [2.05, 4.69) is 25.1 Å². The number of aliphatic imine (C=N–C) groups is 1. The van der Waals surface area contributed by atoms with Gasteiger partial charge in [0.05, 0.1) is 5.02 Å². The average molecular weight is 402 g/mol. The minimum atomic E-state index is 0.529. The molecule has 1 fully saturated rings. The molecule has 0 aliphatic carbocycles. The largest absolute Gasteiger partial charge is 0.486 e. The Kier molecular flexibility index (Phi) is 5.71. The first-order valence-corrected chi connectivity index (χ1v) is 9.82. The van der Waals surface area contributed by atoms with Crippen molar-refractivity contribution in [1.82, 2.24) is 15.2 Å². The number of benzene rings is 1. The molecule has 0 spiro atoms. The molecular weight excluding hydrogens is 378 g/mol. The Labute approximate surface area is 169 Å². The van der Waals surface area contributed by atoms with Crippen LogP contribution in [0.25, 0.3) is 0 Å². The molecule has 0 radical (unpaired) electrons. The highest BCUT2D eigenvalue weighted by atomic mass is 35.5. The summed E-state index contributed by atoms with van der Waals surface area (Å²) in [4.78, 5) is 13.4. The molecule has 2 aliphatic heterocycles. The summed E-state index contributed by atoms with van der Waals surface area (Å²) in [5, 5.41) is 4.01. The number of fused-ring (bicyclic) bond motifs is 1. The Morgan fingerprint density at radius 2 is 2.00 bits per heavy atom. The van der Waals surface area contributed by atoms with Crippen LogP contribution in [0.2, 0.25) is 5.02 Å². The smallest absolute Gasteiger partial charge is 0.194 e. The number of nitrogens with one attached hydrogen (secondary N) is 1. The average Bonchev–Trinajstić information content (AvgIpc) is 2.75. The molecule has 1 saturated heterocycles. The second-order valence-electron chi connectivity index (χ2n) is 6.66. The van der Waals surface area contributed by atoms with Gasteiger partial charge in [-0.25, -0.2) is 4.98 Å². The Hall–Kier alpha value is -2.67. The highest BCUT2D eigenvalue weighted by Gasteiger charge is 2.21. The van der Waals surface area contributed by atoms with E-state index >= 15 is 0 Å². The van der Waals surface area contributed by atoms with Gasteiger partial charge in [0.15, 0.2) is 17.5 Å². The standard InChI is InChI=1S/C20H24ClN5O2/c1-22-20(26-8-6-25(7-9-26)18-4-2-3-5-23-18)24-14-15-12-16(21)19-17(13-15)27-10-11-28-19/h2-5,12-13H,6-11,14H2,1H3,(H,22,24). The van der Waals surface area contributed by atoms with E-state index in [1.54, 1.807) is 0 Å². The number of pyridine rings is 1. The molecule has 3 heterocycles. The second-order valence-corrected chi connectivity index (χ2v) is 7.07. The molecule has 148 valence electrons. The number of nitrogens with zero attached hydrogens (tertiary/aromatic N) is 4. The molecule has 1 N–H and O–H groups in total. The number of aromatic nitrogens is 1. The fourth-order valence-corrected chi connectivity index (χ4v) is 3.76. The predicted octanol–water partition coefficient (Wildman–Crippen LogP) is 2.40. The van der Waals surface area contributed by atoms with E-state index < -0.39 is 0 Å². The first-order valence-electron chi connectivity index (χ1n) is 9.44. The minimum Gasteiger partial charge on any atom is -0.486 e. The maximum atomic E-state index is 6.33. The number of rotatable bonds is 3. The number of piperazine rings is 1. The third-order valence-corrected chi connectivity index (χ3v) is 5.15. The first-order chi connectivity index (χ1) is 13.7. The Bertz CT molecular complexity index is 838. The summed E-state index contributed by atoms with van der Waals surface area (Å²) in [5.74, 6) is 3.24. The van der Waals surface area contributed by atoms with Gasteiger partial charge in [-0.15, -0.1) is 0 Å². The van der Waals surface area contributed by atoms with E-state index in [4.69, 9.17) is 21.1 Å². The predicted molar refractivity (Wildman–Crippen MR) is 111 cm³/mol. The van der Waals surface area contributed by atoms with Crippen LogP contribution in [0.1, 0.15) is 5.56 Å². The van der Waals surface area contributed by atoms with Gasteiger partial charge >= 0.3 is 0 Å². The SMILES string of the molecule is CN=C(NCc1cc(Cl)c2c(c1)OCCO2)N1CCN(c2ccccn2)CC1. The normalized spacial score (nSPS) is 16.9. The van der Waals surface area contributed by atoms with E-state index in [1.807, 2.05) is 43.6 Å². The molecule has 0 amide bonds. The molecule has 28 heavy (non-hydrogen) atoms. The summed E-state index contributed by atoms with van der Waals surface area (Å²) in [6, 6.07) is 9.89. The fraction of sp³-hybridized carbons (Fsp3) is 0.400. The van der Waals surface area contributed by atoms with Crippen LogP contribution in [0.4, 0.5) is 5.82 Å². The number of anilines is 1. The molecule has 8 heteroatoms. The van der Waals surface area contributed by atoms with Crippen molar-refractivity contribution in [2.75, 3.05) is 51.3 Å². The van der Waals surface area contributed by atoms with Crippen molar-refractivity contribution in [1.29, 1.82) is 0 Å². The van der Waals surface area contributed by atoms with Crippen molar-refractivity contribution < 1.29 is 9.47 Å². The zero-order valence-corrected chi connectivity index (χ0v) is 16.7. The summed E-state index contributed by atoms with van der Waals surface area (Å²) in [6.07, 6.45) is 1.83.